The Balaban J connectivity index is 3.02. The first kappa shape index (κ1) is 11.3. The first-order valence-electron chi connectivity index (χ1n) is 4.64. The number of aldehydes is 1. The molecular weight excluding hydrogens is 190 g/mol. The zero-order valence-corrected chi connectivity index (χ0v) is 8.62. The van der Waals surface area contributed by atoms with Crippen molar-refractivity contribution in [3.05, 3.63) is 29.3 Å². The van der Waals surface area contributed by atoms with E-state index in [1.54, 1.807) is 25.3 Å². The molecular formula is C12H13NO2. The van der Waals surface area contributed by atoms with E-state index in [2.05, 4.69) is 11.8 Å². The molecule has 0 saturated carbocycles. The summed E-state index contributed by atoms with van der Waals surface area (Å²) in [5, 5.41) is 0. The molecule has 1 rings (SSSR count). The Morgan fingerprint density at radius 1 is 1.53 bits per heavy atom. The highest BCUT2D eigenvalue weighted by Gasteiger charge is 2.00. The summed E-state index contributed by atoms with van der Waals surface area (Å²) in [7, 11) is 1.58. The zero-order chi connectivity index (χ0) is 11.1. The quantitative estimate of drug-likeness (QED) is 0.593. The molecule has 0 fully saturated rings. The van der Waals surface area contributed by atoms with E-state index >= 15 is 0 Å². The van der Waals surface area contributed by atoms with Gasteiger partial charge in [0, 0.05) is 24.1 Å². The van der Waals surface area contributed by atoms with Crippen LogP contribution in [0.2, 0.25) is 0 Å². The molecule has 78 valence electrons. The van der Waals surface area contributed by atoms with Crippen molar-refractivity contribution in [2.24, 2.45) is 5.73 Å². The fraction of sp³-hybridized carbons (Fsp3) is 0.250. The van der Waals surface area contributed by atoms with Crippen molar-refractivity contribution >= 4 is 6.29 Å². The lowest BCUT2D eigenvalue weighted by molar-refractivity contribution is 0.112. The van der Waals surface area contributed by atoms with Crippen LogP contribution in [0.15, 0.2) is 18.2 Å². The summed E-state index contributed by atoms with van der Waals surface area (Å²) >= 11 is 0. The molecule has 3 heteroatoms. The number of hydrogen-bond acceptors (Lipinski definition) is 3. The maximum Gasteiger partial charge on any atom is 0.151 e. The van der Waals surface area contributed by atoms with Crippen LogP contribution in [0.25, 0.3) is 0 Å². The first-order chi connectivity index (χ1) is 7.31. The van der Waals surface area contributed by atoms with E-state index in [4.69, 9.17) is 10.5 Å². The van der Waals surface area contributed by atoms with E-state index in [0.717, 1.165) is 6.29 Å². The minimum absolute atomic E-state index is 0.521. The fourth-order valence-electron chi connectivity index (χ4n) is 1.10. The van der Waals surface area contributed by atoms with Crippen molar-refractivity contribution in [3.8, 4) is 17.6 Å². The van der Waals surface area contributed by atoms with Crippen molar-refractivity contribution < 1.29 is 9.53 Å². The van der Waals surface area contributed by atoms with Crippen LogP contribution in [0.3, 0.4) is 0 Å². The molecule has 3 nitrogen and oxygen atoms in total. The van der Waals surface area contributed by atoms with Crippen LogP contribution in [0.1, 0.15) is 22.3 Å². The third-order valence-corrected chi connectivity index (χ3v) is 1.88. The maximum atomic E-state index is 10.7. The summed E-state index contributed by atoms with van der Waals surface area (Å²) in [6.45, 7) is 0.521. The number of hydrogen-bond donors (Lipinski definition) is 1. The summed E-state index contributed by atoms with van der Waals surface area (Å²) in [5.41, 5.74) is 6.57. The molecule has 0 radical (unpaired) electrons. The zero-order valence-electron chi connectivity index (χ0n) is 8.62. The predicted molar refractivity (Wildman–Crippen MR) is 58.9 cm³/mol. The van der Waals surface area contributed by atoms with Gasteiger partial charge in [0.2, 0.25) is 0 Å². The second-order valence-corrected chi connectivity index (χ2v) is 2.91. The summed E-state index contributed by atoms with van der Waals surface area (Å²) in [5.74, 6) is 6.48. The number of rotatable bonds is 3. The lowest BCUT2D eigenvalue weighted by atomic mass is 10.1. The lowest BCUT2D eigenvalue weighted by Crippen LogP contribution is -1.96. The van der Waals surface area contributed by atoms with Gasteiger partial charge in [0.05, 0.1) is 7.11 Å². The SMILES string of the molecule is COc1ccc(C=O)c(C#CCCN)c1. The number of carbonyl (C=O) groups is 1. The van der Waals surface area contributed by atoms with Gasteiger partial charge < -0.3 is 10.5 Å². The van der Waals surface area contributed by atoms with Gasteiger partial charge in [-0.3, -0.25) is 4.79 Å². The molecule has 0 aliphatic rings. The Morgan fingerprint density at radius 2 is 2.33 bits per heavy atom. The average Bonchev–Trinajstić information content (AvgIpc) is 2.29. The minimum Gasteiger partial charge on any atom is -0.497 e. The van der Waals surface area contributed by atoms with Crippen LogP contribution in [-0.4, -0.2) is 19.9 Å². The van der Waals surface area contributed by atoms with Gasteiger partial charge in [0.15, 0.2) is 6.29 Å². The molecule has 0 spiro atoms. The number of nitrogens with two attached hydrogens (primary N) is 1. The normalized spacial score (nSPS) is 8.93. The molecule has 0 atom stereocenters. The molecule has 0 aliphatic heterocycles. The molecule has 0 aromatic heterocycles. The van der Waals surface area contributed by atoms with Crippen molar-refractivity contribution in [2.45, 2.75) is 6.42 Å². The van der Waals surface area contributed by atoms with E-state index in [0.29, 0.717) is 29.8 Å². The van der Waals surface area contributed by atoms with Gasteiger partial charge in [0.1, 0.15) is 5.75 Å². The highest BCUT2D eigenvalue weighted by Crippen LogP contribution is 2.15. The number of ether oxygens (including phenoxy) is 1. The van der Waals surface area contributed by atoms with Gasteiger partial charge in [-0.2, -0.15) is 0 Å². The lowest BCUT2D eigenvalue weighted by Gasteiger charge is -2.01. The van der Waals surface area contributed by atoms with Crippen LogP contribution in [0, 0.1) is 11.8 Å². The van der Waals surface area contributed by atoms with Gasteiger partial charge in [-0.15, -0.1) is 0 Å². The first-order valence-corrected chi connectivity index (χ1v) is 4.64. The third-order valence-electron chi connectivity index (χ3n) is 1.88. The molecule has 0 bridgehead atoms. The Bertz CT molecular complexity index is 402. The van der Waals surface area contributed by atoms with Crippen LogP contribution in [-0.2, 0) is 0 Å². The van der Waals surface area contributed by atoms with E-state index in [-0.39, 0.29) is 0 Å². The molecule has 0 heterocycles. The molecule has 0 unspecified atom stereocenters. The summed E-state index contributed by atoms with van der Waals surface area (Å²) < 4.78 is 5.05. The van der Waals surface area contributed by atoms with Crippen molar-refractivity contribution in [3.63, 3.8) is 0 Å². The predicted octanol–water partition coefficient (Wildman–Crippen LogP) is 1.21. The molecule has 1 aromatic rings. The number of methoxy groups -OCH3 is 1. The fourth-order valence-corrected chi connectivity index (χ4v) is 1.10. The molecule has 0 amide bonds. The second-order valence-electron chi connectivity index (χ2n) is 2.91. The third kappa shape index (κ3) is 3.12. The standard InChI is InChI=1S/C12H13NO2/c1-15-12-6-5-11(9-14)10(8-12)4-2-3-7-13/h5-6,8-9H,3,7,13H2,1H3. The molecule has 15 heavy (non-hydrogen) atoms. The van der Waals surface area contributed by atoms with Gasteiger partial charge in [-0.1, -0.05) is 11.8 Å². The van der Waals surface area contributed by atoms with Crippen molar-refractivity contribution in [2.75, 3.05) is 13.7 Å². The number of benzene rings is 1. The minimum atomic E-state index is 0.521. The highest BCUT2D eigenvalue weighted by molar-refractivity contribution is 5.79. The Morgan fingerprint density at radius 3 is 2.93 bits per heavy atom. The molecule has 2 N–H and O–H groups in total. The van der Waals surface area contributed by atoms with Crippen LogP contribution < -0.4 is 10.5 Å². The highest BCUT2D eigenvalue weighted by atomic mass is 16.5. The Kier molecular flexibility index (Phi) is 4.39. The van der Waals surface area contributed by atoms with E-state index in [1.165, 1.54) is 0 Å². The van der Waals surface area contributed by atoms with Gasteiger partial charge in [-0.05, 0) is 18.2 Å². The molecule has 0 saturated heterocycles. The van der Waals surface area contributed by atoms with E-state index < -0.39 is 0 Å². The van der Waals surface area contributed by atoms with Crippen LogP contribution >= 0.6 is 0 Å². The number of carbonyl (C=O) groups excluding carboxylic acids is 1. The Hall–Kier alpha value is -1.79. The van der Waals surface area contributed by atoms with Gasteiger partial charge >= 0.3 is 0 Å². The van der Waals surface area contributed by atoms with Gasteiger partial charge in [-0.25, -0.2) is 0 Å². The van der Waals surface area contributed by atoms with Crippen LogP contribution in [0.5, 0.6) is 5.75 Å². The second kappa shape index (κ2) is 5.84. The van der Waals surface area contributed by atoms with Crippen molar-refractivity contribution in [1.29, 1.82) is 0 Å². The average molecular weight is 203 g/mol. The monoisotopic (exact) mass is 203 g/mol. The topological polar surface area (TPSA) is 52.3 Å². The Labute approximate surface area is 89.2 Å². The van der Waals surface area contributed by atoms with E-state index in [1.807, 2.05) is 0 Å². The molecule has 1 aromatic carbocycles. The summed E-state index contributed by atoms with van der Waals surface area (Å²) in [6.07, 6.45) is 1.40. The smallest absolute Gasteiger partial charge is 0.151 e. The largest absolute Gasteiger partial charge is 0.497 e. The maximum absolute atomic E-state index is 10.7. The summed E-state index contributed by atoms with van der Waals surface area (Å²) in [6, 6.07) is 5.17. The van der Waals surface area contributed by atoms with Crippen molar-refractivity contribution in [1.82, 2.24) is 0 Å². The van der Waals surface area contributed by atoms with Gasteiger partial charge in [0.25, 0.3) is 0 Å². The van der Waals surface area contributed by atoms with E-state index in [9.17, 15) is 4.79 Å². The van der Waals surface area contributed by atoms with Crippen LogP contribution in [0.4, 0.5) is 0 Å². The summed E-state index contributed by atoms with van der Waals surface area (Å²) in [4.78, 5) is 10.7. The molecule has 0 aliphatic carbocycles.